The third-order valence-corrected chi connectivity index (χ3v) is 6.16. The van der Waals surface area contributed by atoms with Crippen molar-refractivity contribution in [2.45, 2.75) is 26.9 Å². The summed E-state index contributed by atoms with van der Waals surface area (Å²) in [6.45, 7) is 3.88. The van der Waals surface area contributed by atoms with E-state index < -0.39 is 22.1 Å². The summed E-state index contributed by atoms with van der Waals surface area (Å²) in [7, 11) is -2.19. The van der Waals surface area contributed by atoms with Crippen LogP contribution in [-0.4, -0.2) is 51.4 Å². The van der Waals surface area contributed by atoms with Crippen LogP contribution in [0.3, 0.4) is 0 Å². The Balaban J connectivity index is 1.91. The van der Waals surface area contributed by atoms with Crippen molar-refractivity contribution < 1.29 is 27.5 Å². The normalized spacial score (nSPS) is 11.8. The lowest BCUT2D eigenvalue weighted by atomic mass is 10.1. The molecule has 0 bridgehead atoms. The Labute approximate surface area is 195 Å². The highest BCUT2D eigenvalue weighted by atomic mass is 32.2. The van der Waals surface area contributed by atoms with Crippen LogP contribution in [0.4, 0.5) is 15.3 Å². The molecule has 2 N–H and O–H groups in total. The van der Waals surface area contributed by atoms with Crippen LogP contribution in [0.5, 0.6) is 5.75 Å². The number of carbonyl (C=O) groups is 2. The molecule has 10 heteroatoms. The number of anilines is 1. The molecule has 2 aromatic carbocycles. The van der Waals surface area contributed by atoms with E-state index in [1.807, 2.05) is 44.2 Å². The average molecular weight is 478 g/mol. The molecule has 2 rings (SSSR count). The molecular weight excluding hydrogens is 446 g/mol. The van der Waals surface area contributed by atoms with Gasteiger partial charge < -0.3 is 14.8 Å². The fourth-order valence-electron chi connectivity index (χ4n) is 2.76. The number of imide groups is 1. The molecule has 0 spiro atoms. The van der Waals surface area contributed by atoms with Crippen LogP contribution in [0.25, 0.3) is 0 Å². The van der Waals surface area contributed by atoms with Crippen molar-refractivity contribution in [2.24, 2.45) is 5.92 Å². The fourth-order valence-corrected chi connectivity index (χ4v) is 3.72. The number of nitrogens with one attached hydrogen (secondary N) is 2. The number of amides is 3. The minimum atomic E-state index is -3.71. The molecule has 0 aliphatic heterocycles. The van der Waals surface area contributed by atoms with Gasteiger partial charge in [0.25, 0.3) is 0 Å². The first-order chi connectivity index (χ1) is 15.7. The van der Waals surface area contributed by atoms with Gasteiger partial charge in [0.2, 0.25) is 10.0 Å². The molecule has 0 saturated heterocycles. The maximum atomic E-state index is 12.6. The van der Waals surface area contributed by atoms with E-state index in [0.29, 0.717) is 11.4 Å². The predicted molar refractivity (Wildman–Crippen MR) is 127 cm³/mol. The van der Waals surface area contributed by atoms with Crippen molar-refractivity contribution in [3.63, 3.8) is 0 Å². The van der Waals surface area contributed by atoms with Gasteiger partial charge in [-0.05, 0) is 35.7 Å². The first-order valence-corrected chi connectivity index (χ1v) is 12.3. The molecule has 2 aromatic rings. The van der Waals surface area contributed by atoms with E-state index in [1.165, 1.54) is 7.11 Å². The number of sulfonamides is 1. The van der Waals surface area contributed by atoms with Crippen LogP contribution < -0.4 is 14.8 Å². The number of ether oxygens (including phenoxy) is 2. The number of benzene rings is 2. The number of methoxy groups -OCH3 is 1. The number of carbonyl (C=O) groups excluding carboxylic acids is 2. The molecule has 0 aromatic heterocycles. The van der Waals surface area contributed by atoms with Gasteiger partial charge in [0.15, 0.2) is 0 Å². The molecule has 0 radical (unpaired) electrons. The Bertz CT molecular complexity index is 997. The second-order valence-electron chi connectivity index (χ2n) is 7.55. The Kier molecular flexibility index (Phi) is 9.99. The van der Waals surface area contributed by atoms with Gasteiger partial charge in [0, 0.05) is 18.8 Å². The number of nitrogens with zero attached hydrogens (tertiary/aromatic N) is 1. The zero-order chi connectivity index (χ0) is 24.3. The molecule has 0 aliphatic rings. The number of hydrogen-bond acceptors (Lipinski definition) is 6. The Morgan fingerprint density at radius 3 is 2.33 bits per heavy atom. The molecule has 1 atom stereocenters. The van der Waals surface area contributed by atoms with Crippen LogP contribution in [-0.2, 0) is 21.4 Å². The lowest BCUT2D eigenvalue weighted by molar-refractivity contribution is 0.0995. The van der Waals surface area contributed by atoms with Crippen LogP contribution in [0.15, 0.2) is 54.6 Å². The van der Waals surface area contributed by atoms with Gasteiger partial charge in [0.05, 0.1) is 12.9 Å². The maximum absolute atomic E-state index is 12.6. The van der Waals surface area contributed by atoms with Crippen molar-refractivity contribution in [1.82, 2.24) is 10.2 Å². The second-order valence-corrected chi connectivity index (χ2v) is 9.39. The van der Waals surface area contributed by atoms with E-state index in [2.05, 4.69) is 10.0 Å². The Morgan fingerprint density at radius 1 is 1.06 bits per heavy atom. The van der Waals surface area contributed by atoms with E-state index in [-0.39, 0.29) is 31.4 Å². The van der Waals surface area contributed by atoms with Gasteiger partial charge in [-0.25, -0.2) is 22.9 Å². The van der Waals surface area contributed by atoms with Crippen molar-refractivity contribution in [1.29, 1.82) is 0 Å². The minimum absolute atomic E-state index is 0.0319. The molecule has 3 amide bonds. The third kappa shape index (κ3) is 9.01. The summed E-state index contributed by atoms with van der Waals surface area (Å²) in [5.74, 6) is 0.298. The summed E-state index contributed by atoms with van der Waals surface area (Å²) < 4.78 is 37.4. The summed E-state index contributed by atoms with van der Waals surface area (Å²) in [4.78, 5) is 26.2. The molecule has 1 unspecified atom stereocenters. The lowest BCUT2D eigenvalue weighted by Crippen LogP contribution is -2.47. The topological polar surface area (TPSA) is 114 Å². The van der Waals surface area contributed by atoms with E-state index in [1.54, 1.807) is 24.3 Å². The number of urea groups is 1. The highest BCUT2D eigenvalue weighted by molar-refractivity contribution is 7.92. The molecule has 180 valence electrons. The highest BCUT2D eigenvalue weighted by Crippen LogP contribution is 2.16. The van der Waals surface area contributed by atoms with E-state index >= 15 is 0 Å². The second kappa shape index (κ2) is 12.7. The fraction of sp³-hybridized carbons (Fsp3) is 0.391. The average Bonchev–Trinajstić information content (AvgIpc) is 2.81. The monoisotopic (exact) mass is 477 g/mol. The van der Waals surface area contributed by atoms with E-state index in [4.69, 9.17) is 9.47 Å². The van der Waals surface area contributed by atoms with Crippen molar-refractivity contribution in [3.8, 4) is 5.75 Å². The molecule has 0 fully saturated rings. The maximum Gasteiger partial charge on any atom is 0.418 e. The molecular formula is C23H31N3O6S. The summed E-state index contributed by atoms with van der Waals surface area (Å²) >= 11 is 0. The van der Waals surface area contributed by atoms with Crippen LogP contribution >= 0.6 is 0 Å². The van der Waals surface area contributed by atoms with Gasteiger partial charge >= 0.3 is 12.1 Å². The summed E-state index contributed by atoms with van der Waals surface area (Å²) in [5.41, 5.74) is 1.18. The molecule has 0 heterocycles. The standard InChI is InChI=1S/C23H31N3O6S/c1-4-18(2)16-26(23(28)32-17-19-8-6-5-7-9-19)22(27)24-14-15-33(29,30)25-20-10-12-21(31-3)13-11-20/h5-13,18,25H,4,14-17H2,1-3H3,(H,24,27). The number of rotatable bonds is 11. The predicted octanol–water partition coefficient (Wildman–Crippen LogP) is 3.83. The van der Waals surface area contributed by atoms with Gasteiger partial charge in [0.1, 0.15) is 12.4 Å². The SMILES string of the molecule is CCC(C)CN(C(=O)NCCS(=O)(=O)Nc1ccc(OC)cc1)C(=O)OCc1ccccc1. The molecule has 0 aliphatic carbocycles. The number of hydrogen-bond donors (Lipinski definition) is 2. The summed E-state index contributed by atoms with van der Waals surface area (Å²) in [6, 6.07) is 14.8. The van der Waals surface area contributed by atoms with Crippen LogP contribution in [0.1, 0.15) is 25.8 Å². The summed E-state index contributed by atoms with van der Waals surface area (Å²) in [5, 5.41) is 2.50. The van der Waals surface area contributed by atoms with Crippen LogP contribution in [0, 0.1) is 5.92 Å². The zero-order valence-corrected chi connectivity index (χ0v) is 19.9. The van der Waals surface area contributed by atoms with Crippen LogP contribution in [0.2, 0.25) is 0 Å². The highest BCUT2D eigenvalue weighted by Gasteiger charge is 2.25. The van der Waals surface area contributed by atoms with E-state index in [9.17, 15) is 18.0 Å². The zero-order valence-electron chi connectivity index (χ0n) is 19.1. The minimum Gasteiger partial charge on any atom is -0.497 e. The van der Waals surface area contributed by atoms with Crippen molar-refractivity contribution in [3.05, 3.63) is 60.2 Å². The van der Waals surface area contributed by atoms with Gasteiger partial charge in [-0.2, -0.15) is 0 Å². The van der Waals surface area contributed by atoms with E-state index in [0.717, 1.165) is 16.9 Å². The first-order valence-electron chi connectivity index (χ1n) is 10.6. The first kappa shape index (κ1) is 26.0. The summed E-state index contributed by atoms with van der Waals surface area (Å²) in [6.07, 6.45) is -0.0218. The van der Waals surface area contributed by atoms with Gasteiger partial charge in [-0.15, -0.1) is 0 Å². The van der Waals surface area contributed by atoms with Gasteiger partial charge in [-0.3, -0.25) is 4.72 Å². The molecule has 33 heavy (non-hydrogen) atoms. The lowest BCUT2D eigenvalue weighted by Gasteiger charge is -2.23. The molecule has 9 nitrogen and oxygen atoms in total. The van der Waals surface area contributed by atoms with Gasteiger partial charge in [-0.1, -0.05) is 50.6 Å². The Hall–Kier alpha value is -3.27. The largest absolute Gasteiger partial charge is 0.497 e. The van der Waals surface area contributed by atoms with Crippen molar-refractivity contribution >= 4 is 27.8 Å². The van der Waals surface area contributed by atoms with Crippen molar-refractivity contribution in [2.75, 3.05) is 30.7 Å². The quantitative estimate of drug-likeness (QED) is 0.508. The smallest absolute Gasteiger partial charge is 0.418 e. The third-order valence-electron chi connectivity index (χ3n) is 4.87. The Morgan fingerprint density at radius 2 is 1.73 bits per heavy atom. The molecule has 0 saturated carbocycles.